The van der Waals surface area contributed by atoms with Gasteiger partial charge in [0.15, 0.2) is 0 Å². The first-order valence-electron chi connectivity index (χ1n) is 7.51. The molecule has 0 amide bonds. The van der Waals surface area contributed by atoms with Crippen LogP contribution in [0.2, 0.25) is 0 Å². The zero-order valence-electron chi connectivity index (χ0n) is 13.6. The Labute approximate surface area is 136 Å². The third-order valence-electron chi connectivity index (χ3n) is 4.45. The molecule has 22 heavy (non-hydrogen) atoms. The Morgan fingerprint density at radius 2 is 2.23 bits per heavy atom. The van der Waals surface area contributed by atoms with Gasteiger partial charge >= 0.3 is 0 Å². The summed E-state index contributed by atoms with van der Waals surface area (Å²) in [6.45, 7) is 7.05. The maximum Gasteiger partial charge on any atom is 0.104 e. The summed E-state index contributed by atoms with van der Waals surface area (Å²) in [6, 6.07) is 2.08. The lowest BCUT2D eigenvalue weighted by molar-refractivity contribution is -0.151. The van der Waals surface area contributed by atoms with Crippen LogP contribution in [-0.4, -0.2) is 54.1 Å². The molecule has 0 radical (unpaired) electrons. The van der Waals surface area contributed by atoms with Crippen LogP contribution >= 0.6 is 11.3 Å². The molecule has 0 aliphatic carbocycles. The second-order valence-corrected chi connectivity index (χ2v) is 7.57. The van der Waals surface area contributed by atoms with E-state index in [2.05, 4.69) is 36.7 Å². The van der Waals surface area contributed by atoms with Crippen molar-refractivity contribution in [1.82, 2.24) is 4.90 Å². The minimum absolute atomic E-state index is 0.108. The number of methoxy groups -OCH3 is 1. The molecule has 5 heteroatoms. The second kappa shape index (κ2) is 7.12. The molecular formula is C17H25NO3S. The Morgan fingerprint density at radius 1 is 1.45 bits per heavy atom. The van der Waals surface area contributed by atoms with Crippen molar-refractivity contribution in [3.8, 4) is 11.8 Å². The molecule has 1 aromatic heterocycles. The van der Waals surface area contributed by atoms with E-state index < -0.39 is 5.60 Å². The van der Waals surface area contributed by atoms with E-state index in [1.807, 2.05) is 5.38 Å². The standard InChI is InChI=1S/C17H25NO3S/c1-16(2)12-18(7-6-17(16,20)13-21-3)10-15-9-14(11-22-15)5-4-8-19/h9,11,19-20H,6-8,10,12-13H2,1-3H3. The molecule has 1 fully saturated rings. The highest BCUT2D eigenvalue weighted by Gasteiger charge is 2.47. The highest BCUT2D eigenvalue weighted by Crippen LogP contribution is 2.39. The maximum absolute atomic E-state index is 10.8. The number of rotatable bonds is 4. The van der Waals surface area contributed by atoms with E-state index in [0.29, 0.717) is 6.61 Å². The molecule has 4 nitrogen and oxygen atoms in total. The molecule has 2 rings (SSSR count). The molecule has 122 valence electrons. The Kier molecular flexibility index (Phi) is 5.65. The molecule has 2 heterocycles. The van der Waals surface area contributed by atoms with Gasteiger partial charge in [0.25, 0.3) is 0 Å². The Balaban J connectivity index is 2.00. The zero-order chi connectivity index (χ0) is 16.2. The van der Waals surface area contributed by atoms with Crippen LogP contribution in [0.3, 0.4) is 0 Å². The first kappa shape index (κ1) is 17.5. The molecule has 1 unspecified atom stereocenters. The first-order valence-corrected chi connectivity index (χ1v) is 8.39. The molecule has 1 saturated heterocycles. The van der Waals surface area contributed by atoms with E-state index in [0.717, 1.165) is 31.6 Å². The third-order valence-corrected chi connectivity index (χ3v) is 5.37. The van der Waals surface area contributed by atoms with Crippen molar-refractivity contribution in [2.75, 3.05) is 33.4 Å². The maximum atomic E-state index is 10.8. The van der Waals surface area contributed by atoms with Crippen LogP contribution in [0.15, 0.2) is 11.4 Å². The van der Waals surface area contributed by atoms with Crippen molar-refractivity contribution in [2.24, 2.45) is 5.41 Å². The number of hydrogen-bond acceptors (Lipinski definition) is 5. The highest BCUT2D eigenvalue weighted by molar-refractivity contribution is 7.10. The number of aliphatic hydroxyl groups is 2. The van der Waals surface area contributed by atoms with Crippen molar-refractivity contribution >= 4 is 11.3 Å². The summed E-state index contributed by atoms with van der Waals surface area (Å²) in [5.74, 6) is 5.60. The average molecular weight is 323 g/mol. The normalized spacial score (nSPS) is 24.8. The van der Waals surface area contributed by atoms with Crippen LogP contribution in [0, 0.1) is 17.3 Å². The van der Waals surface area contributed by atoms with Gasteiger partial charge in [-0.15, -0.1) is 11.3 Å². The lowest BCUT2D eigenvalue weighted by Crippen LogP contribution is -2.59. The van der Waals surface area contributed by atoms with Gasteiger partial charge in [-0.3, -0.25) is 4.90 Å². The molecule has 1 atom stereocenters. The second-order valence-electron chi connectivity index (χ2n) is 6.57. The van der Waals surface area contributed by atoms with Gasteiger partial charge in [-0.2, -0.15) is 0 Å². The number of piperidine rings is 1. The van der Waals surface area contributed by atoms with Crippen molar-refractivity contribution in [3.63, 3.8) is 0 Å². The average Bonchev–Trinajstić information content (AvgIpc) is 2.89. The molecule has 0 aromatic carbocycles. The largest absolute Gasteiger partial charge is 0.387 e. The van der Waals surface area contributed by atoms with E-state index in [1.54, 1.807) is 18.4 Å². The molecule has 2 N–H and O–H groups in total. The fourth-order valence-electron chi connectivity index (χ4n) is 3.00. The summed E-state index contributed by atoms with van der Waals surface area (Å²) in [7, 11) is 1.64. The number of nitrogens with zero attached hydrogens (tertiary/aromatic N) is 1. The third kappa shape index (κ3) is 3.89. The molecule has 1 aromatic rings. The van der Waals surface area contributed by atoms with E-state index >= 15 is 0 Å². The molecular weight excluding hydrogens is 298 g/mol. The molecule has 0 bridgehead atoms. The van der Waals surface area contributed by atoms with Crippen LogP contribution in [0.25, 0.3) is 0 Å². The van der Waals surface area contributed by atoms with Crippen LogP contribution in [0.1, 0.15) is 30.7 Å². The predicted molar refractivity (Wildman–Crippen MR) is 88.8 cm³/mol. The van der Waals surface area contributed by atoms with Crippen molar-refractivity contribution < 1.29 is 14.9 Å². The van der Waals surface area contributed by atoms with Gasteiger partial charge in [0.05, 0.1) is 12.2 Å². The van der Waals surface area contributed by atoms with Gasteiger partial charge in [-0.25, -0.2) is 0 Å². The number of hydrogen-bond donors (Lipinski definition) is 2. The lowest BCUT2D eigenvalue weighted by Gasteiger charge is -2.50. The predicted octanol–water partition coefficient (Wildman–Crippen LogP) is 1.70. The van der Waals surface area contributed by atoms with Crippen LogP contribution in [0.5, 0.6) is 0 Å². The van der Waals surface area contributed by atoms with Crippen molar-refractivity contribution in [2.45, 2.75) is 32.4 Å². The summed E-state index contributed by atoms with van der Waals surface area (Å²) < 4.78 is 5.21. The van der Waals surface area contributed by atoms with Gasteiger partial charge in [0.2, 0.25) is 0 Å². The number of aliphatic hydroxyl groups excluding tert-OH is 1. The Bertz CT molecular complexity index is 558. The fourth-order valence-corrected chi connectivity index (χ4v) is 3.86. The van der Waals surface area contributed by atoms with Crippen molar-refractivity contribution in [3.05, 3.63) is 21.9 Å². The Hall–Kier alpha value is -0.900. The van der Waals surface area contributed by atoms with Gasteiger partial charge in [0.1, 0.15) is 6.61 Å². The zero-order valence-corrected chi connectivity index (χ0v) is 14.4. The quantitative estimate of drug-likeness (QED) is 0.828. The van der Waals surface area contributed by atoms with Gasteiger partial charge < -0.3 is 14.9 Å². The summed E-state index contributed by atoms with van der Waals surface area (Å²) in [5, 5.41) is 21.5. The van der Waals surface area contributed by atoms with Crippen LogP contribution < -0.4 is 0 Å². The van der Waals surface area contributed by atoms with Crippen molar-refractivity contribution in [1.29, 1.82) is 0 Å². The minimum Gasteiger partial charge on any atom is -0.387 e. The Morgan fingerprint density at radius 3 is 2.86 bits per heavy atom. The monoisotopic (exact) mass is 323 g/mol. The van der Waals surface area contributed by atoms with E-state index in [9.17, 15) is 5.11 Å². The molecule has 0 spiro atoms. The summed E-state index contributed by atoms with van der Waals surface area (Å²) >= 11 is 1.69. The van der Waals surface area contributed by atoms with Gasteiger partial charge in [-0.05, 0) is 12.5 Å². The molecule has 1 aliphatic heterocycles. The smallest absolute Gasteiger partial charge is 0.104 e. The van der Waals surface area contributed by atoms with E-state index in [4.69, 9.17) is 9.84 Å². The fraction of sp³-hybridized carbons (Fsp3) is 0.647. The van der Waals surface area contributed by atoms with Crippen LogP contribution in [0.4, 0.5) is 0 Å². The van der Waals surface area contributed by atoms with E-state index in [-0.39, 0.29) is 12.0 Å². The highest BCUT2D eigenvalue weighted by atomic mass is 32.1. The minimum atomic E-state index is -0.758. The topological polar surface area (TPSA) is 52.9 Å². The summed E-state index contributed by atoms with van der Waals surface area (Å²) in [5.41, 5.74) is -0.00929. The van der Waals surface area contributed by atoms with Gasteiger partial charge in [0, 0.05) is 48.0 Å². The summed E-state index contributed by atoms with van der Waals surface area (Å²) in [4.78, 5) is 3.63. The SMILES string of the molecule is COCC1(O)CCN(Cc2cc(C#CCO)cs2)CC1(C)C. The van der Waals surface area contributed by atoms with E-state index in [1.165, 1.54) is 4.88 Å². The number of likely N-dealkylation sites (tertiary alicyclic amines) is 1. The summed E-state index contributed by atoms with van der Waals surface area (Å²) in [6.07, 6.45) is 0.719. The number of thiophene rings is 1. The molecule has 0 saturated carbocycles. The lowest BCUT2D eigenvalue weighted by atomic mass is 9.70. The first-order chi connectivity index (χ1) is 10.4. The number of ether oxygens (including phenoxy) is 1. The van der Waals surface area contributed by atoms with Crippen LogP contribution in [-0.2, 0) is 11.3 Å². The molecule has 1 aliphatic rings. The van der Waals surface area contributed by atoms with Gasteiger partial charge in [-0.1, -0.05) is 25.7 Å².